The van der Waals surface area contributed by atoms with E-state index in [1.165, 1.54) is 24.3 Å². The monoisotopic (exact) mass is 400 g/mol. The smallest absolute Gasteiger partial charge is 0.288 e. The molecule has 138 valence electrons. The lowest BCUT2D eigenvalue weighted by Crippen LogP contribution is -2.28. The standard InChI is InChI=1S/C16H14Cl2N2O6/c17-12-4-2-10(8-14(12)19(23)24)16(22,6-1-7-21)11-3-5-13(18)15(9-11)20(25)26/h2-5,8-9,21-22H,1,6-7H2. The summed E-state index contributed by atoms with van der Waals surface area (Å²) in [5.41, 5.74) is -2.38. The highest BCUT2D eigenvalue weighted by molar-refractivity contribution is 6.33. The minimum atomic E-state index is -1.81. The van der Waals surface area contributed by atoms with Crippen LogP contribution in [0, 0.1) is 20.2 Å². The number of nitro benzene ring substituents is 2. The summed E-state index contributed by atoms with van der Waals surface area (Å²) in [7, 11) is 0. The van der Waals surface area contributed by atoms with Crippen molar-refractivity contribution in [1.29, 1.82) is 0 Å². The summed E-state index contributed by atoms with van der Waals surface area (Å²) in [5, 5.41) is 42.4. The molecule has 0 spiro atoms. The number of benzene rings is 2. The fraction of sp³-hybridized carbons (Fsp3) is 0.250. The van der Waals surface area contributed by atoms with Gasteiger partial charge in [0.15, 0.2) is 0 Å². The lowest BCUT2D eigenvalue weighted by Gasteiger charge is -2.29. The summed E-state index contributed by atoms with van der Waals surface area (Å²) in [6.45, 7) is -0.242. The molecule has 0 heterocycles. The van der Waals surface area contributed by atoms with E-state index in [1.807, 2.05) is 0 Å². The van der Waals surface area contributed by atoms with Crippen LogP contribution in [0.4, 0.5) is 11.4 Å². The van der Waals surface area contributed by atoms with Crippen molar-refractivity contribution in [3.8, 4) is 0 Å². The average Bonchev–Trinajstić information content (AvgIpc) is 2.59. The summed E-state index contributed by atoms with van der Waals surface area (Å²) in [6, 6.07) is 7.55. The third-order valence-corrected chi connectivity index (χ3v) is 4.58. The van der Waals surface area contributed by atoms with Gasteiger partial charge in [-0.1, -0.05) is 35.3 Å². The van der Waals surface area contributed by atoms with Gasteiger partial charge in [0, 0.05) is 18.7 Å². The Morgan fingerprint density at radius 1 is 0.923 bits per heavy atom. The molecule has 2 aromatic carbocycles. The maximum atomic E-state index is 11.2. The van der Waals surface area contributed by atoms with Crippen LogP contribution < -0.4 is 0 Å². The second-order valence-electron chi connectivity index (χ2n) is 5.53. The van der Waals surface area contributed by atoms with Crippen LogP contribution in [0.15, 0.2) is 36.4 Å². The first-order chi connectivity index (χ1) is 12.2. The van der Waals surface area contributed by atoms with Crippen LogP contribution in [0.1, 0.15) is 24.0 Å². The van der Waals surface area contributed by atoms with Gasteiger partial charge in [0.2, 0.25) is 0 Å². The number of hydrogen-bond donors (Lipinski definition) is 2. The first-order valence-corrected chi connectivity index (χ1v) is 8.18. The molecule has 0 bridgehead atoms. The Morgan fingerprint density at radius 3 is 1.69 bits per heavy atom. The Labute approximate surface area is 157 Å². The van der Waals surface area contributed by atoms with E-state index >= 15 is 0 Å². The number of aliphatic hydroxyl groups excluding tert-OH is 1. The second kappa shape index (κ2) is 7.96. The van der Waals surface area contributed by atoms with E-state index in [1.54, 1.807) is 0 Å². The molecule has 0 aliphatic heterocycles. The van der Waals surface area contributed by atoms with E-state index in [0.29, 0.717) is 0 Å². The molecule has 10 heteroatoms. The number of hydrogen-bond acceptors (Lipinski definition) is 6. The molecule has 0 aliphatic rings. The molecule has 0 saturated heterocycles. The molecule has 2 N–H and O–H groups in total. The Hall–Kier alpha value is -2.26. The average molecular weight is 401 g/mol. The topological polar surface area (TPSA) is 127 Å². The van der Waals surface area contributed by atoms with Gasteiger partial charge in [-0.25, -0.2) is 0 Å². The number of halogens is 2. The predicted octanol–water partition coefficient (Wildman–Crippen LogP) is 3.82. The molecular weight excluding hydrogens is 387 g/mol. The summed E-state index contributed by atoms with van der Waals surface area (Å²) >= 11 is 11.6. The first-order valence-electron chi connectivity index (χ1n) is 7.42. The highest BCUT2D eigenvalue weighted by atomic mass is 35.5. The Kier molecular flexibility index (Phi) is 6.14. The number of rotatable bonds is 7. The molecule has 2 rings (SSSR count). The van der Waals surface area contributed by atoms with Crippen LogP contribution in [0.25, 0.3) is 0 Å². The van der Waals surface area contributed by atoms with Gasteiger partial charge in [-0.15, -0.1) is 0 Å². The van der Waals surface area contributed by atoms with E-state index in [0.717, 1.165) is 12.1 Å². The van der Waals surface area contributed by atoms with Crippen molar-refractivity contribution in [2.24, 2.45) is 0 Å². The Bertz CT molecular complexity index is 795. The molecule has 0 amide bonds. The molecule has 26 heavy (non-hydrogen) atoms. The van der Waals surface area contributed by atoms with Crippen LogP contribution in [-0.2, 0) is 5.60 Å². The maximum absolute atomic E-state index is 11.2. The summed E-state index contributed by atoms with van der Waals surface area (Å²) in [5.74, 6) is 0. The highest BCUT2D eigenvalue weighted by Crippen LogP contribution is 2.40. The van der Waals surface area contributed by atoms with Crippen LogP contribution in [0.5, 0.6) is 0 Å². The zero-order chi connectivity index (χ0) is 19.5. The van der Waals surface area contributed by atoms with Crippen molar-refractivity contribution >= 4 is 34.6 Å². The normalized spacial score (nSPS) is 11.4. The molecule has 0 aliphatic carbocycles. The van der Waals surface area contributed by atoms with E-state index in [2.05, 4.69) is 0 Å². The van der Waals surface area contributed by atoms with Gasteiger partial charge in [-0.05, 0) is 36.1 Å². The van der Waals surface area contributed by atoms with Gasteiger partial charge >= 0.3 is 0 Å². The Balaban J connectivity index is 2.66. The molecule has 0 aromatic heterocycles. The van der Waals surface area contributed by atoms with Crippen LogP contribution in [0.3, 0.4) is 0 Å². The van der Waals surface area contributed by atoms with Crippen molar-refractivity contribution in [3.63, 3.8) is 0 Å². The summed E-state index contributed by atoms with van der Waals surface area (Å²) < 4.78 is 0. The van der Waals surface area contributed by atoms with Crippen molar-refractivity contribution in [1.82, 2.24) is 0 Å². The first kappa shape index (κ1) is 20.1. The van der Waals surface area contributed by atoms with E-state index in [-0.39, 0.29) is 40.6 Å². The van der Waals surface area contributed by atoms with Crippen molar-refractivity contribution in [2.45, 2.75) is 18.4 Å². The molecule has 0 radical (unpaired) electrons. The minimum absolute atomic E-state index is 0.0267. The molecule has 0 unspecified atom stereocenters. The zero-order valence-corrected chi connectivity index (χ0v) is 14.8. The fourth-order valence-electron chi connectivity index (χ4n) is 2.61. The maximum Gasteiger partial charge on any atom is 0.288 e. The predicted molar refractivity (Wildman–Crippen MR) is 95.5 cm³/mol. The van der Waals surface area contributed by atoms with Gasteiger partial charge in [-0.3, -0.25) is 20.2 Å². The lowest BCUT2D eigenvalue weighted by atomic mass is 9.82. The van der Waals surface area contributed by atoms with Crippen molar-refractivity contribution in [2.75, 3.05) is 6.61 Å². The van der Waals surface area contributed by atoms with Crippen molar-refractivity contribution in [3.05, 3.63) is 77.8 Å². The molecule has 0 saturated carbocycles. The Morgan fingerprint density at radius 2 is 1.35 bits per heavy atom. The minimum Gasteiger partial charge on any atom is -0.396 e. The molecule has 2 aromatic rings. The molecule has 8 nitrogen and oxygen atoms in total. The van der Waals surface area contributed by atoms with Crippen LogP contribution in [-0.4, -0.2) is 26.7 Å². The van der Waals surface area contributed by atoms with E-state index < -0.39 is 26.8 Å². The van der Waals surface area contributed by atoms with Gasteiger partial charge in [-0.2, -0.15) is 0 Å². The number of nitrogens with zero attached hydrogens (tertiary/aromatic N) is 2. The SMILES string of the molecule is O=[N+]([O-])c1cc(C(O)(CCCO)c2ccc(Cl)c([N+](=O)[O-])c2)ccc1Cl. The number of nitro groups is 2. The third kappa shape index (κ3) is 3.94. The van der Waals surface area contributed by atoms with E-state index in [9.17, 15) is 25.3 Å². The van der Waals surface area contributed by atoms with Gasteiger partial charge in [0.1, 0.15) is 15.6 Å². The summed E-state index contributed by atoms with van der Waals surface area (Å²) in [6.07, 6.45) is 0.129. The van der Waals surface area contributed by atoms with Crippen LogP contribution in [0.2, 0.25) is 10.0 Å². The fourth-order valence-corrected chi connectivity index (χ4v) is 2.98. The quantitative estimate of drug-likeness (QED) is 0.537. The second-order valence-corrected chi connectivity index (χ2v) is 6.35. The lowest BCUT2D eigenvalue weighted by molar-refractivity contribution is -0.384. The molecule has 0 atom stereocenters. The van der Waals surface area contributed by atoms with Crippen molar-refractivity contribution < 1.29 is 20.1 Å². The molecular formula is C16H14Cl2N2O6. The van der Waals surface area contributed by atoms with Gasteiger partial charge in [0.25, 0.3) is 11.4 Å². The zero-order valence-electron chi connectivity index (χ0n) is 13.3. The van der Waals surface area contributed by atoms with E-state index in [4.69, 9.17) is 28.3 Å². The largest absolute Gasteiger partial charge is 0.396 e. The molecule has 0 fully saturated rings. The van der Waals surface area contributed by atoms with Crippen LogP contribution >= 0.6 is 23.2 Å². The van der Waals surface area contributed by atoms with Gasteiger partial charge < -0.3 is 10.2 Å². The number of aliphatic hydroxyl groups is 2. The third-order valence-electron chi connectivity index (χ3n) is 3.94. The van der Waals surface area contributed by atoms with Gasteiger partial charge in [0.05, 0.1) is 9.85 Å². The highest BCUT2D eigenvalue weighted by Gasteiger charge is 2.34. The summed E-state index contributed by atoms with van der Waals surface area (Å²) in [4.78, 5) is 20.9.